The first-order valence-corrected chi connectivity index (χ1v) is 4.80. The number of ether oxygens (including phenoxy) is 1. The molecule has 1 aliphatic carbocycles. The van der Waals surface area contributed by atoms with Crippen LogP contribution in [0.4, 0.5) is 0 Å². The van der Waals surface area contributed by atoms with E-state index in [1.165, 1.54) is 20.0 Å². The fourth-order valence-electron chi connectivity index (χ4n) is 1.70. The average Bonchev–Trinajstić information content (AvgIpc) is 2.16. The lowest BCUT2D eigenvalue weighted by Gasteiger charge is -2.28. The highest BCUT2D eigenvalue weighted by Gasteiger charge is 2.21. The molecule has 0 radical (unpaired) electrons. The number of rotatable bonds is 3. The Bertz CT molecular complexity index is 173. The van der Waals surface area contributed by atoms with E-state index in [9.17, 15) is 4.79 Å². The highest BCUT2D eigenvalue weighted by Crippen LogP contribution is 2.16. The van der Waals surface area contributed by atoms with Crippen LogP contribution in [0.25, 0.3) is 0 Å². The summed E-state index contributed by atoms with van der Waals surface area (Å²) in [4.78, 5) is 10.8. The maximum atomic E-state index is 10.8. The van der Waals surface area contributed by atoms with Gasteiger partial charge in [-0.25, -0.2) is 0 Å². The van der Waals surface area contributed by atoms with Crippen LogP contribution in [0.2, 0.25) is 0 Å². The van der Waals surface area contributed by atoms with Gasteiger partial charge in [-0.15, -0.1) is 0 Å². The van der Waals surface area contributed by atoms with Gasteiger partial charge < -0.3 is 15.8 Å². The molecule has 0 aromatic carbocycles. The summed E-state index contributed by atoms with van der Waals surface area (Å²) in [7, 11) is 1.39. The molecule has 0 bridgehead atoms. The standard InChI is InChI=1S/C9H18N2O2/c1-13-9(12)6-11-8-5-3-2-4-7(8)10/h7-8,11H,2-6,10H2,1H3. The smallest absolute Gasteiger partial charge is 0.319 e. The Kier molecular flexibility index (Phi) is 4.18. The van der Waals surface area contributed by atoms with Crippen molar-refractivity contribution in [1.82, 2.24) is 5.32 Å². The summed E-state index contributed by atoms with van der Waals surface area (Å²) in [6, 6.07) is 0.478. The third kappa shape index (κ3) is 3.32. The van der Waals surface area contributed by atoms with Crippen molar-refractivity contribution in [3.05, 3.63) is 0 Å². The van der Waals surface area contributed by atoms with Crippen molar-refractivity contribution in [2.45, 2.75) is 37.8 Å². The van der Waals surface area contributed by atoms with Gasteiger partial charge in [-0.3, -0.25) is 4.79 Å². The Morgan fingerprint density at radius 2 is 2.23 bits per heavy atom. The van der Waals surface area contributed by atoms with Crippen LogP contribution in [0.1, 0.15) is 25.7 Å². The molecular weight excluding hydrogens is 168 g/mol. The van der Waals surface area contributed by atoms with Crippen molar-refractivity contribution in [3.8, 4) is 0 Å². The topological polar surface area (TPSA) is 64.3 Å². The predicted molar refractivity (Wildman–Crippen MR) is 50.3 cm³/mol. The first-order valence-electron chi connectivity index (χ1n) is 4.80. The van der Waals surface area contributed by atoms with Crippen molar-refractivity contribution < 1.29 is 9.53 Å². The fourth-order valence-corrected chi connectivity index (χ4v) is 1.70. The number of carbonyl (C=O) groups excluding carboxylic acids is 1. The molecule has 0 aliphatic heterocycles. The Morgan fingerprint density at radius 3 is 2.85 bits per heavy atom. The molecule has 4 heteroatoms. The normalized spacial score (nSPS) is 28.5. The van der Waals surface area contributed by atoms with Gasteiger partial charge in [-0.05, 0) is 12.8 Å². The Hall–Kier alpha value is -0.610. The minimum atomic E-state index is -0.224. The molecule has 0 aromatic heterocycles. The summed E-state index contributed by atoms with van der Waals surface area (Å²) in [5, 5.41) is 3.12. The molecule has 0 heterocycles. The SMILES string of the molecule is COC(=O)CNC1CCCCC1N. The van der Waals surface area contributed by atoms with Crippen LogP contribution >= 0.6 is 0 Å². The lowest BCUT2D eigenvalue weighted by atomic mass is 9.91. The van der Waals surface area contributed by atoms with Gasteiger partial charge in [0, 0.05) is 12.1 Å². The van der Waals surface area contributed by atoms with E-state index in [-0.39, 0.29) is 24.6 Å². The molecule has 76 valence electrons. The minimum absolute atomic E-state index is 0.193. The average molecular weight is 186 g/mol. The lowest BCUT2D eigenvalue weighted by Crippen LogP contribution is -2.48. The third-order valence-corrected chi connectivity index (χ3v) is 2.56. The van der Waals surface area contributed by atoms with Crippen LogP contribution in [0, 0.1) is 0 Å². The second-order valence-corrected chi connectivity index (χ2v) is 3.51. The van der Waals surface area contributed by atoms with Crippen LogP contribution in [-0.2, 0) is 9.53 Å². The maximum absolute atomic E-state index is 10.8. The number of carbonyl (C=O) groups is 1. The molecule has 0 saturated heterocycles. The zero-order valence-electron chi connectivity index (χ0n) is 8.08. The highest BCUT2D eigenvalue weighted by atomic mass is 16.5. The molecule has 1 saturated carbocycles. The number of hydrogen-bond donors (Lipinski definition) is 2. The molecular formula is C9H18N2O2. The van der Waals surface area contributed by atoms with E-state index in [0.29, 0.717) is 0 Å². The molecule has 2 atom stereocenters. The van der Waals surface area contributed by atoms with Crippen molar-refractivity contribution in [3.63, 3.8) is 0 Å². The molecule has 4 nitrogen and oxygen atoms in total. The van der Waals surface area contributed by atoms with E-state index in [0.717, 1.165) is 12.8 Å². The summed E-state index contributed by atoms with van der Waals surface area (Å²) in [6.07, 6.45) is 4.53. The zero-order chi connectivity index (χ0) is 9.68. The molecule has 3 N–H and O–H groups in total. The molecule has 1 rings (SSSR count). The van der Waals surface area contributed by atoms with Crippen molar-refractivity contribution in [2.24, 2.45) is 5.73 Å². The summed E-state index contributed by atoms with van der Waals surface area (Å²) >= 11 is 0. The van der Waals surface area contributed by atoms with Crippen LogP contribution < -0.4 is 11.1 Å². The van der Waals surface area contributed by atoms with E-state index >= 15 is 0 Å². The molecule has 0 aromatic rings. The Morgan fingerprint density at radius 1 is 1.54 bits per heavy atom. The Balaban J connectivity index is 2.22. The molecule has 0 spiro atoms. The lowest BCUT2D eigenvalue weighted by molar-refractivity contribution is -0.139. The summed E-state index contributed by atoms with van der Waals surface area (Å²) in [6.45, 7) is 0.273. The fraction of sp³-hybridized carbons (Fsp3) is 0.889. The van der Waals surface area contributed by atoms with Gasteiger partial charge in [0.2, 0.25) is 0 Å². The van der Waals surface area contributed by atoms with Crippen molar-refractivity contribution >= 4 is 5.97 Å². The minimum Gasteiger partial charge on any atom is -0.468 e. The third-order valence-electron chi connectivity index (χ3n) is 2.56. The monoisotopic (exact) mass is 186 g/mol. The summed E-state index contributed by atoms with van der Waals surface area (Å²) < 4.78 is 4.53. The number of hydrogen-bond acceptors (Lipinski definition) is 4. The van der Waals surface area contributed by atoms with Gasteiger partial charge in [-0.2, -0.15) is 0 Å². The second-order valence-electron chi connectivity index (χ2n) is 3.51. The van der Waals surface area contributed by atoms with Gasteiger partial charge in [0.05, 0.1) is 13.7 Å². The highest BCUT2D eigenvalue weighted by molar-refractivity contribution is 5.71. The van der Waals surface area contributed by atoms with E-state index in [2.05, 4.69) is 10.1 Å². The van der Waals surface area contributed by atoms with Crippen molar-refractivity contribution in [2.75, 3.05) is 13.7 Å². The largest absolute Gasteiger partial charge is 0.468 e. The number of esters is 1. The summed E-state index contributed by atoms with van der Waals surface area (Å²) in [5.41, 5.74) is 5.89. The van der Waals surface area contributed by atoms with Crippen LogP contribution in [0.5, 0.6) is 0 Å². The molecule has 2 unspecified atom stereocenters. The van der Waals surface area contributed by atoms with E-state index in [1.54, 1.807) is 0 Å². The van der Waals surface area contributed by atoms with Gasteiger partial charge in [-0.1, -0.05) is 12.8 Å². The number of methoxy groups -OCH3 is 1. The Labute approximate surface area is 78.8 Å². The number of nitrogens with two attached hydrogens (primary N) is 1. The maximum Gasteiger partial charge on any atom is 0.319 e. The second kappa shape index (κ2) is 5.19. The quantitative estimate of drug-likeness (QED) is 0.610. The molecule has 1 fully saturated rings. The first-order chi connectivity index (χ1) is 6.24. The van der Waals surface area contributed by atoms with Crippen LogP contribution in [-0.4, -0.2) is 31.7 Å². The van der Waals surface area contributed by atoms with Crippen molar-refractivity contribution in [1.29, 1.82) is 0 Å². The van der Waals surface area contributed by atoms with Gasteiger partial charge >= 0.3 is 5.97 Å². The summed E-state index contributed by atoms with van der Waals surface area (Å²) in [5.74, 6) is -0.224. The predicted octanol–water partition coefficient (Wildman–Crippen LogP) is 0.0189. The van der Waals surface area contributed by atoms with Gasteiger partial charge in [0.15, 0.2) is 0 Å². The number of nitrogens with one attached hydrogen (secondary N) is 1. The van der Waals surface area contributed by atoms with E-state index in [4.69, 9.17) is 5.73 Å². The zero-order valence-corrected chi connectivity index (χ0v) is 8.08. The first kappa shape index (κ1) is 10.5. The van der Waals surface area contributed by atoms with E-state index in [1.807, 2.05) is 0 Å². The molecule has 1 aliphatic rings. The van der Waals surface area contributed by atoms with Crippen LogP contribution in [0.15, 0.2) is 0 Å². The van der Waals surface area contributed by atoms with Gasteiger partial charge in [0.25, 0.3) is 0 Å². The van der Waals surface area contributed by atoms with Gasteiger partial charge in [0.1, 0.15) is 0 Å². The molecule has 13 heavy (non-hydrogen) atoms. The van der Waals surface area contributed by atoms with E-state index < -0.39 is 0 Å². The molecule has 0 amide bonds. The van der Waals surface area contributed by atoms with Crippen LogP contribution in [0.3, 0.4) is 0 Å².